The SMILES string of the molecule is CC1=C(C)C[C@H](C(=O)N2CCOC2=O)CC1. The molecule has 16 heavy (non-hydrogen) atoms. The lowest BCUT2D eigenvalue weighted by Crippen LogP contribution is -2.37. The van der Waals surface area contributed by atoms with Gasteiger partial charge in [-0.2, -0.15) is 0 Å². The lowest BCUT2D eigenvalue weighted by molar-refractivity contribution is -0.132. The molecule has 1 fully saturated rings. The predicted octanol–water partition coefficient (Wildman–Crippen LogP) is 2.10. The number of cyclic esters (lactones) is 1. The van der Waals surface area contributed by atoms with Gasteiger partial charge in [-0.25, -0.2) is 9.69 Å². The summed E-state index contributed by atoms with van der Waals surface area (Å²) < 4.78 is 4.78. The normalized spacial score (nSPS) is 26.0. The molecule has 1 atom stereocenters. The Morgan fingerprint density at radius 1 is 1.38 bits per heavy atom. The topological polar surface area (TPSA) is 46.6 Å². The Hall–Kier alpha value is -1.32. The van der Waals surface area contributed by atoms with Crippen molar-refractivity contribution in [3.05, 3.63) is 11.1 Å². The highest BCUT2D eigenvalue weighted by Crippen LogP contribution is 2.30. The minimum Gasteiger partial charge on any atom is -0.447 e. The fraction of sp³-hybridized carbons (Fsp3) is 0.667. The zero-order valence-electron chi connectivity index (χ0n) is 9.78. The number of nitrogens with zero attached hydrogens (tertiary/aromatic N) is 1. The molecule has 1 heterocycles. The first-order valence-corrected chi connectivity index (χ1v) is 5.73. The molecular formula is C12H17NO3. The van der Waals surface area contributed by atoms with Crippen LogP contribution >= 0.6 is 0 Å². The van der Waals surface area contributed by atoms with Crippen molar-refractivity contribution in [2.75, 3.05) is 13.2 Å². The van der Waals surface area contributed by atoms with Crippen LogP contribution in [0.4, 0.5) is 4.79 Å². The maximum Gasteiger partial charge on any atom is 0.416 e. The molecule has 2 amide bonds. The molecule has 2 rings (SSSR count). The Kier molecular flexibility index (Phi) is 2.99. The summed E-state index contributed by atoms with van der Waals surface area (Å²) >= 11 is 0. The maximum atomic E-state index is 12.1. The number of rotatable bonds is 1. The first-order valence-electron chi connectivity index (χ1n) is 5.73. The van der Waals surface area contributed by atoms with Crippen LogP contribution in [0.1, 0.15) is 33.1 Å². The van der Waals surface area contributed by atoms with Crippen molar-refractivity contribution in [2.24, 2.45) is 5.92 Å². The van der Waals surface area contributed by atoms with E-state index < -0.39 is 6.09 Å². The molecule has 4 nitrogen and oxygen atoms in total. The van der Waals surface area contributed by atoms with Gasteiger partial charge < -0.3 is 4.74 Å². The summed E-state index contributed by atoms with van der Waals surface area (Å²) in [5.41, 5.74) is 2.67. The van der Waals surface area contributed by atoms with E-state index in [2.05, 4.69) is 13.8 Å². The van der Waals surface area contributed by atoms with Crippen molar-refractivity contribution < 1.29 is 14.3 Å². The summed E-state index contributed by atoms with van der Waals surface area (Å²) in [6, 6.07) is 0. The number of ether oxygens (including phenoxy) is 1. The van der Waals surface area contributed by atoms with Crippen LogP contribution in [0.3, 0.4) is 0 Å². The minimum absolute atomic E-state index is 0.0330. The van der Waals surface area contributed by atoms with Gasteiger partial charge in [0.2, 0.25) is 5.91 Å². The monoisotopic (exact) mass is 223 g/mol. The smallest absolute Gasteiger partial charge is 0.416 e. The van der Waals surface area contributed by atoms with E-state index in [0.29, 0.717) is 13.2 Å². The highest BCUT2D eigenvalue weighted by atomic mass is 16.6. The Morgan fingerprint density at radius 2 is 2.12 bits per heavy atom. The van der Waals surface area contributed by atoms with Gasteiger partial charge in [0.25, 0.3) is 0 Å². The number of hydrogen-bond donors (Lipinski definition) is 0. The zero-order chi connectivity index (χ0) is 11.7. The van der Waals surface area contributed by atoms with Crippen LogP contribution in [0.25, 0.3) is 0 Å². The average Bonchev–Trinajstić information content (AvgIpc) is 2.67. The summed E-state index contributed by atoms with van der Waals surface area (Å²) in [6.45, 7) is 4.93. The van der Waals surface area contributed by atoms with Gasteiger partial charge in [-0.3, -0.25) is 4.79 Å². The number of amides is 2. The molecule has 0 unspecified atom stereocenters. The first-order chi connectivity index (χ1) is 7.59. The lowest BCUT2D eigenvalue weighted by atomic mass is 9.84. The minimum atomic E-state index is -0.478. The second kappa shape index (κ2) is 4.28. The second-order valence-electron chi connectivity index (χ2n) is 4.60. The van der Waals surface area contributed by atoms with Crippen LogP contribution in [-0.4, -0.2) is 30.1 Å². The van der Waals surface area contributed by atoms with Crippen molar-refractivity contribution in [1.29, 1.82) is 0 Å². The Morgan fingerprint density at radius 3 is 2.69 bits per heavy atom. The van der Waals surface area contributed by atoms with Gasteiger partial charge in [-0.05, 0) is 33.1 Å². The first kappa shape index (κ1) is 11.2. The highest BCUT2D eigenvalue weighted by Gasteiger charge is 2.34. The molecule has 0 bridgehead atoms. The van der Waals surface area contributed by atoms with E-state index in [1.54, 1.807) is 0 Å². The molecule has 0 aromatic rings. The van der Waals surface area contributed by atoms with E-state index in [-0.39, 0.29) is 11.8 Å². The lowest BCUT2D eigenvalue weighted by Gasteiger charge is -2.25. The van der Waals surface area contributed by atoms with E-state index in [1.807, 2.05) is 0 Å². The van der Waals surface area contributed by atoms with E-state index in [4.69, 9.17) is 4.74 Å². The van der Waals surface area contributed by atoms with Crippen LogP contribution in [0.5, 0.6) is 0 Å². The molecule has 1 aliphatic heterocycles. The molecule has 88 valence electrons. The van der Waals surface area contributed by atoms with Crippen LogP contribution < -0.4 is 0 Å². The summed E-state index contributed by atoms with van der Waals surface area (Å²) in [6.07, 6.45) is 2.12. The molecule has 0 radical (unpaired) electrons. The van der Waals surface area contributed by atoms with E-state index >= 15 is 0 Å². The molecule has 0 aromatic carbocycles. The number of carbonyl (C=O) groups excluding carboxylic acids is 2. The average molecular weight is 223 g/mol. The number of carbonyl (C=O) groups is 2. The second-order valence-corrected chi connectivity index (χ2v) is 4.60. The molecule has 1 saturated heterocycles. The third kappa shape index (κ3) is 1.96. The molecule has 0 N–H and O–H groups in total. The van der Waals surface area contributed by atoms with E-state index in [0.717, 1.165) is 19.3 Å². The van der Waals surface area contributed by atoms with Gasteiger partial charge >= 0.3 is 6.09 Å². The third-order valence-electron chi connectivity index (χ3n) is 3.53. The largest absolute Gasteiger partial charge is 0.447 e. The fourth-order valence-corrected chi connectivity index (χ4v) is 2.27. The fourth-order valence-electron chi connectivity index (χ4n) is 2.27. The number of imide groups is 1. The highest BCUT2D eigenvalue weighted by molar-refractivity contribution is 5.94. The van der Waals surface area contributed by atoms with Crippen LogP contribution in [0.15, 0.2) is 11.1 Å². The third-order valence-corrected chi connectivity index (χ3v) is 3.53. The number of hydrogen-bond acceptors (Lipinski definition) is 3. The van der Waals surface area contributed by atoms with Gasteiger partial charge in [-0.15, -0.1) is 0 Å². The summed E-state index contributed by atoms with van der Waals surface area (Å²) in [5.74, 6) is -0.0938. The Balaban J connectivity index is 2.04. The van der Waals surface area contributed by atoms with Gasteiger partial charge in [0, 0.05) is 5.92 Å². The predicted molar refractivity (Wildman–Crippen MR) is 58.8 cm³/mol. The number of allylic oxidation sites excluding steroid dienone is 2. The Labute approximate surface area is 95.2 Å². The van der Waals surface area contributed by atoms with Crippen LogP contribution in [0.2, 0.25) is 0 Å². The molecule has 0 saturated carbocycles. The van der Waals surface area contributed by atoms with Crippen LogP contribution in [0, 0.1) is 5.92 Å². The van der Waals surface area contributed by atoms with E-state index in [1.165, 1.54) is 16.0 Å². The standard InChI is InChI=1S/C12H17NO3/c1-8-3-4-10(7-9(8)2)11(14)13-5-6-16-12(13)15/h10H,3-7H2,1-2H3/t10-/m1/s1. The molecule has 0 spiro atoms. The van der Waals surface area contributed by atoms with Gasteiger partial charge in [0.15, 0.2) is 0 Å². The van der Waals surface area contributed by atoms with Crippen molar-refractivity contribution in [1.82, 2.24) is 4.90 Å². The molecule has 0 aromatic heterocycles. The summed E-state index contributed by atoms with van der Waals surface area (Å²) in [7, 11) is 0. The van der Waals surface area contributed by atoms with Crippen molar-refractivity contribution in [2.45, 2.75) is 33.1 Å². The Bertz CT molecular complexity index is 359. The molecular weight excluding hydrogens is 206 g/mol. The zero-order valence-corrected chi connectivity index (χ0v) is 9.78. The maximum absolute atomic E-state index is 12.1. The summed E-state index contributed by atoms with van der Waals surface area (Å²) in [4.78, 5) is 24.6. The van der Waals surface area contributed by atoms with Gasteiger partial charge in [-0.1, -0.05) is 11.1 Å². The van der Waals surface area contributed by atoms with E-state index in [9.17, 15) is 9.59 Å². The van der Waals surface area contributed by atoms with Crippen molar-refractivity contribution in [3.8, 4) is 0 Å². The molecule has 2 aliphatic rings. The molecule has 4 heteroatoms. The van der Waals surface area contributed by atoms with Gasteiger partial charge in [0.05, 0.1) is 6.54 Å². The van der Waals surface area contributed by atoms with Crippen molar-refractivity contribution >= 4 is 12.0 Å². The molecule has 1 aliphatic carbocycles. The quantitative estimate of drug-likeness (QED) is 0.639. The van der Waals surface area contributed by atoms with Gasteiger partial charge in [0.1, 0.15) is 6.61 Å². The summed E-state index contributed by atoms with van der Waals surface area (Å²) in [5, 5.41) is 0. The van der Waals surface area contributed by atoms with Crippen molar-refractivity contribution in [3.63, 3.8) is 0 Å². The van der Waals surface area contributed by atoms with Crippen LogP contribution in [-0.2, 0) is 9.53 Å².